The minimum absolute atomic E-state index is 0.228. The van der Waals surface area contributed by atoms with Crippen LogP contribution in [0.15, 0.2) is 52.2 Å². The number of ether oxygens (including phenoxy) is 1. The molecule has 0 bridgehead atoms. The second-order valence-corrected chi connectivity index (χ2v) is 10.9. The topological polar surface area (TPSA) is 137 Å². The van der Waals surface area contributed by atoms with Crippen LogP contribution in [-0.4, -0.2) is 50.0 Å². The summed E-state index contributed by atoms with van der Waals surface area (Å²) in [7, 11) is -3.95. The maximum absolute atomic E-state index is 15.3. The van der Waals surface area contributed by atoms with Gasteiger partial charge in [0.2, 0.25) is 4.58 Å². The van der Waals surface area contributed by atoms with Gasteiger partial charge in [0, 0.05) is 18.2 Å². The van der Waals surface area contributed by atoms with Crippen molar-refractivity contribution in [1.29, 1.82) is 0 Å². The Kier molecular flexibility index (Phi) is 7.75. The number of alkyl halides is 2. The number of para-hydroxylation sites is 1. The summed E-state index contributed by atoms with van der Waals surface area (Å²) in [5.41, 5.74) is -1.64. The summed E-state index contributed by atoms with van der Waals surface area (Å²) in [6.07, 6.45) is -4.08. The number of ketones is 1. The highest BCUT2D eigenvalue weighted by atomic mass is 79.9. The molecule has 3 rings (SSSR count). The standard InChI is InChI=1S/C20H23BrFN2O8P/c1-12(13(2)25)11-33(29,32-14-6-4-3-5-7-14)30-10-15-17(27)20(21,22)18(31-15)24-9-8-16(26)23-19(24)28/h3-9,12,15,17-18,27H,10-11H2,1-2H3,(H,23,26,28)/t12-,15-,17+,18-,20?,33?/m1/s1. The summed E-state index contributed by atoms with van der Waals surface area (Å²) in [5.74, 6) is -0.645. The monoisotopic (exact) mass is 548 g/mol. The smallest absolute Gasteiger partial charge is 0.379 e. The van der Waals surface area contributed by atoms with Crippen LogP contribution in [0, 0.1) is 5.92 Å². The van der Waals surface area contributed by atoms with Gasteiger partial charge in [0.05, 0.1) is 12.8 Å². The second-order valence-electron chi connectivity index (χ2n) is 7.67. The number of aliphatic hydroxyl groups excluding tert-OH is 1. The second kappa shape index (κ2) is 10.0. The molecule has 0 saturated carbocycles. The summed E-state index contributed by atoms with van der Waals surface area (Å²) in [4.78, 5) is 37.0. The van der Waals surface area contributed by atoms with Gasteiger partial charge in [-0.2, -0.15) is 0 Å². The SMILES string of the molecule is CC(=O)[C@H](C)CP(=O)(OC[C@H]1O[C@@H](n2ccc(=O)[nH]c2=O)C(F)(Br)[C@H]1O)Oc1ccccc1. The van der Waals surface area contributed by atoms with E-state index in [1.165, 1.54) is 6.92 Å². The van der Waals surface area contributed by atoms with Crippen molar-refractivity contribution in [1.82, 2.24) is 9.55 Å². The Morgan fingerprint density at radius 1 is 1.36 bits per heavy atom. The van der Waals surface area contributed by atoms with Crippen LogP contribution in [0.3, 0.4) is 0 Å². The highest BCUT2D eigenvalue weighted by Crippen LogP contribution is 2.52. The Balaban J connectivity index is 1.80. The van der Waals surface area contributed by atoms with E-state index in [2.05, 4.69) is 15.9 Å². The van der Waals surface area contributed by atoms with Crippen LogP contribution in [0.1, 0.15) is 20.1 Å². The molecular formula is C20H23BrFN2O8P. The minimum atomic E-state index is -3.95. The lowest BCUT2D eigenvalue weighted by Gasteiger charge is -2.24. The van der Waals surface area contributed by atoms with E-state index in [9.17, 15) is 24.1 Å². The van der Waals surface area contributed by atoms with Crippen LogP contribution in [0.25, 0.3) is 0 Å². The third kappa shape index (κ3) is 5.88. The van der Waals surface area contributed by atoms with Gasteiger partial charge < -0.3 is 14.4 Å². The van der Waals surface area contributed by atoms with Crippen LogP contribution in [0.2, 0.25) is 0 Å². The van der Waals surface area contributed by atoms with Gasteiger partial charge in [0.25, 0.3) is 5.56 Å². The van der Waals surface area contributed by atoms with Crippen molar-refractivity contribution in [2.45, 2.75) is 36.9 Å². The number of aromatic nitrogens is 2. The molecule has 1 aliphatic rings. The molecule has 6 atom stereocenters. The fraction of sp³-hybridized carbons (Fsp3) is 0.450. The van der Waals surface area contributed by atoms with E-state index in [1.54, 1.807) is 37.3 Å². The predicted octanol–water partition coefficient (Wildman–Crippen LogP) is 2.37. The van der Waals surface area contributed by atoms with Gasteiger partial charge in [-0.15, -0.1) is 0 Å². The van der Waals surface area contributed by atoms with Gasteiger partial charge in [-0.05, 0) is 35.0 Å². The lowest BCUT2D eigenvalue weighted by molar-refractivity contribution is -0.119. The van der Waals surface area contributed by atoms with E-state index in [0.717, 1.165) is 16.8 Å². The number of benzene rings is 1. The zero-order chi connectivity index (χ0) is 24.4. The zero-order valence-electron chi connectivity index (χ0n) is 17.7. The molecule has 0 spiro atoms. The van der Waals surface area contributed by atoms with Crippen LogP contribution in [0.4, 0.5) is 4.39 Å². The van der Waals surface area contributed by atoms with Crippen molar-refractivity contribution >= 4 is 29.3 Å². The molecule has 1 aromatic carbocycles. The lowest BCUT2D eigenvalue weighted by atomic mass is 10.1. The van der Waals surface area contributed by atoms with Gasteiger partial charge in [0.1, 0.15) is 23.7 Å². The Morgan fingerprint density at radius 2 is 2.03 bits per heavy atom. The third-order valence-electron chi connectivity index (χ3n) is 5.10. The number of Topliss-reactive ketones (excluding diaryl/α,β-unsaturated/α-hetero) is 1. The van der Waals surface area contributed by atoms with Crippen LogP contribution >= 0.6 is 23.5 Å². The Morgan fingerprint density at radius 3 is 2.64 bits per heavy atom. The molecule has 2 heterocycles. The average molecular weight is 549 g/mol. The molecule has 13 heteroatoms. The Labute approximate surface area is 196 Å². The molecular weight excluding hydrogens is 526 g/mol. The third-order valence-corrected chi connectivity index (χ3v) is 7.99. The van der Waals surface area contributed by atoms with Crippen molar-refractivity contribution in [3.63, 3.8) is 0 Å². The normalized spacial score (nSPS) is 27.6. The molecule has 1 aromatic heterocycles. The summed E-state index contributed by atoms with van der Waals surface area (Å²) >= 11 is 2.74. The molecule has 33 heavy (non-hydrogen) atoms. The largest absolute Gasteiger partial charge is 0.424 e. The van der Waals surface area contributed by atoms with Crippen molar-refractivity contribution in [3.05, 3.63) is 63.4 Å². The minimum Gasteiger partial charge on any atom is -0.424 e. The van der Waals surface area contributed by atoms with Gasteiger partial charge >= 0.3 is 13.3 Å². The van der Waals surface area contributed by atoms with E-state index in [1.807, 2.05) is 4.98 Å². The average Bonchev–Trinajstić information content (AvgIpc) is 2.96. The zero-order valence-corrected chi connectivity index (χ0v) is 20.2. The number of H-pyrrole nitrogens is 1. The highest BCUT2D eigenvalue weighted by molar-refractivity contribution is 9.10. The van der Waals surface area contributed by atoms with Gasteiger partial charge in [-0.25, -0.2) is 13.8 Å². The number of carbonyl (C=O) groups excluding carboxylic acids is 1. The number of aromatic amines is 1. The van der Waals surface area contributed by atoms with Crippen LogP contribution in [-0.2, 0) is 18.6 Å². The summed E-state index contributed by atoms with van der Waals surface area (Å²) in [5, 5.41) is 10.5. The maximum Gasteiger partial charge on any atom is 0.379 e. The summed E-state index contributed by atoms with van der Waals surface area (Å²) in [6.45, 7) is 2.34. The molecule has 1 saturated heterocycles. The lowest BCUT2D eigenvalue weighted by Crippen LogP contribution is -2.41. The van der Waals surface area contributed by atoms with Gasteiger partial charge in [-0.3, -0.25) is 23.7 Å². The number of carbonyl (C=O) groups is 1. The summed E-state index contributed by atoms with van der Waals surface area (Å²) in [6, 6.07) is 9.15. The number of hydrogen-bond donors (Lipinski definition) is 2. The van der Waals surface area contributed by atoms with Crippen molar-refractivity contribution in [2.75, 3.05) is 12.8 Å². The number of rotatable bonds is 9. The molecule has 0 aliphatic carbocycles. The molecule has 180 valence electrons. The molecule has 2 aromatic rings. The van der Waals surface area contributed by atoms with E-state index in [-0.39, 0.29) is 17.7 Å². The van der Waals surface area contributed by atoms with Gasteiger partial charge in [0.15, 0.2) is 6.23 Å². The molecule has 10 nitrogen and oxygen atoms in total. The first-order valence-electron chi connectivity index (χ1n) is 9.94. The number of halogens is 2. The summed E-state index contributed by atoms with van der Waals surface area (Å²) < 4.78 is 43.4. The Bertz CT molecular complexity index is 1150. The van der Waals surface area contributed by atoms with Crippen molar-refractivity contribution in [2.24, 2.45) is 5.92 Å². The van der Waals surface area contributed by atoms with E-state index in [0.29, 0.717) is 0 Å². The molecule has 2 N–H and O–H groups in total. The number of nitrogens with one attached hydrogen (secondary N) is 1. The van der Waals surface area contributed by atoms with Gasteiger partial charge in [-0.1, -0.05) is 25.1 Å². The predicted molar refractivity (Wildman–Crippen MR) is 119 cm³/mol. The molecule has 0 radical (unpaired) electrons. The first-order valence-corrected chi connectivity index (χ1v) is 12.5. The molecule has 2 unspecified atom stereocenters. The van der Waals surface area contributed by atoms with Crippen LogP contribution < -0.4 is 15.8 Å². The first-order chi connectivity index (χ1) is 15.4. The van der Waals surface area contributed by atoms with E-state index in [4.69, 9.17) is 13.8 Å². The van der Waals surface area contributed by atoms with Crippen LogP contribution in [0.5, 0.6) is 5.75 Å². The molecule has 0 amide bonds. The fourth-order valence-corrected chi connectivity index (χ4v) is 5.73. The Hall–Kier alpha value is -2.11. The molecule has 1 aliphatic heterocycles. The van der Waals surface area contributed by atoms with E-state index >= 15 is 4.39 Å². The van der Waals surface area contributed by atoms with Crippen molar-refractivity contribution < 1.29 is 32.6 Å². The van der Waals surface area contributed by atoms with E-state index < -0.39 is 54.4 Å². The number of hydrogen-bond acceptors (Lipinski definition) is 8. The fourth-order valence-electron chi connectivity index (χ4n) is 3.13. The number of nitrogens with zero attached hydrogens (tertiary/aromatic N) is 1. The maximum atomic E-state index is 15.3. The quantitative estimate of drug-likeness (QED) is 0.360. The first kappa shape index (κ1) is 25.5. The number of aliphatic hydroxyl groups is 1. The highest BCUT2D eigenvalue weighted by Gasteiger charge is 2.57. The van der Waals surface area contributed by atoms with Crippen molar-refractivity contribution in [3.8, 4) is 5.75 Å². The molecule has 1 fully saturated rings.